The number of nitrogens with one attached hydrogen (secondary N) is 1. The predicted octanol–water partition coefficient (Wildman–Crippen LogP) is 2.58. The van der Waals surface area contributed by atoms with Gasteiger partial charge in [-0.1, -0.05) is 31.2 Å². The Hall–Kier alpha value is -1.42. The van der Waals surface area contributed by atoms with E-state index in [1.807, 2.05) is 6.07 Å². The maximum Gasteiger partial charge on any atom is 0.117 e. The van der Waals surface area contributed by atoms with Crippen molar-refractivity contribution in [2.24, 2.45) is 0 Å². The maximum atomic E-state index is 4.16. The van der Waals surface area contributed by atoms with Gasteiger partial charge in [0, 0.05) is 6.54 Å². The minimum Gasteiger partial charge on any atom is -0.299 e. The molecule has 1 aromatic heterocycles. The van der Waals surface area contributed by atoms with Gasteiger partial charge in [0.25, 0.3) is 0 Å². The second kappa shape index (κ2) is 5.77. The summed E-state index contributed by atoms with van der Waals surface area (Å²) in [6.07, 6.45) is 2.38. The van der Waals surface area contributed by atoms with E-state index in [9.17, 15) is 0 Å². The summed E-state index contributed by atoms with van der Waals surface area (Å²) >= 11 is 0. The van der Waals surface area contributed by atoms with E-state index in [0.717, 1.165) is 30.7 Å². The molecule has 2 rings (SSSR count). The highest BCUT2D eigenvalue weighted by Gasteiger charge is 2.08. The van der Waals surface area contributed by atoms with Crippen LogP contribution in [0.25, 0.3) is 11.0 Å². The molecule has 0 aliphatic heterocycles. The molecule has 17 heavy (non-hydrogen) atoms. The van der Waals surface area contributed by atoms with Crippen molar-refractivity contribution in [2.75, 3.05) is 13.1 Å². The van der Waals surface area contributed by atoms with Gasteiger partial charge >= 0.3 is 0 Å². The first-order chi connectivity index (χ1) is 8.35. The van der Waals surface area contributed by atoms with Crippen molar-refractivity contribution >= 4 is 11.0 Å². The van der Waals surface area contributed by atoms with Crippen LogP contribution in [-0.2, 0) is 6.54 Å². The van der Waals surface area contributed by atoms with Crippen LogP contribution in [0.5, 0.6) is 0 Å². The Morgan fingerprint density at radius 1 is 1.18 bits per heavy atom. The molecule has 92 valence electrons. The number of benzene rings is 1. The van der Waals surface area contributed by atoms with Gasteiger partial charge in [-0.2, -0.15) is 0 Å². The van der Waals surface area contributed by atoms with Crippen molar-refractivity contribution in [3.05, 3.63) is 23.8 Å². The molecule has 1 heterocycles. The molecule has 4 nitrogen and oxygen atoms in total. The van der Waals surface area contributed by atoms with Gasteiger partial charge in [0.2, 0.25) is 0 Å². The van der Waals surface area contributed by atoms with Gasteiger partial charge in [-0.05, 0) is 37.6 Å². The fourth-order valence-corrected chi connectivity index (χ4v) is 2.20. The molecule has 0 saturated carbocycles. The monoisotopic (exact) mass is 232 g/mol. The Balaban J connectivity index is 2.18. The largest absolute Gasteiger partial charge is 0.299 e. The molecular weight excluding hydrogens is 212 g/mol. The van der Waals surface area contributed by atoms with E-state index in [-0.39, 0.29) is 0 Å². The quantitative estimate of drug-likeness (QED) is 0.832. The first-order valence-electron chi connectivity index (χ1n) is 6.36. The Morgan fingerprint density at radius 2 is 1.94 bits per heavy atom. The summed E-state index contributed by atoms with van der Waals surface area (Å²) in [5.74, 6) is 0. The van der Waals surface area contributed by atoms with Gasteiger partial charge in [0.15, 0.2) is 0 Å². The molecule has 0 amide bonds. The molecule has 0 aliphatic carbocycles. The van der Waals surface area contributed by atoms with Gasteiger partial charge in [-0.3, -0.25) is 10.00 Å². The number of fused-ring (bicyclic) bond motifs is 1. The van der Waals surface area contributed by atoms with Crippen LogP contribution in [0.15, 0.2) is 18.2 Å². The first-order valence-corrected chi connectivity index (χ1v) is 6.36. The van der Waals surface area contributed by atoms with E-state index in [1.165, 1.54) is 18.4 Å². The van der Waals surface area contributed by atoms with Gasteiger partial charge in [-0.25, -0.2) is 0 Å². The van der Waals surface area contributed by atoms with E-state index in [4.69, 9.17) is 0 Å². The lowest BCUT2D eigenvalue weighted by atomic mass is 10.1. The Morgan fingerprint density at radius 3 is 2.65 bits per heavy atom. The highest BCUT2D eigenvalue weighted by molar-refractivity contribution is 5.77. The molecule has 0 atom stereocenters. The van der Waals surface area contributed by atoms with Crippen LogP contribution in [0.1, 0.15) is 32.3 Å². The lowest BCUT2D eigenvalue weighted by Gasteiger charge is -2.20. The molecule has 1 aromatic carbocycles. The van der Waals surface area contributed by atoms with Gasteiger partial charge in [-0.15, -0.1) is 5.10 Å². The molecule has 0 bridgehead atoms. The minimum absolute atomic E-state index is 0.964. The standard InChI is InChI=1S/C13H20N4/c1-3-8-17(9-4-2)10-11-6-5-7-12-13(11)15-16-14-12/h5-7H,3-4,8-10H2,1-2H3,(H,14,15,16). The Labute approximate surface area is 102 Å². The predicted molar refractivity (Wildman–Crippen MR) is 69.7 cm³/mol. The van der Waals surface area contributed by atoms with Crippen LogP contribution < -0.4 is 0 Å². The van der Waals surface area contributed by atoms with Crippen LogP contribution in [0, 0.1) is 0 Å². The summed E-state index contributed by atoms with van der Waals surface area (Å²) in [5.41, 5.74) is 3.29. The SMILES string of the molecule is CCCN(CCC)Cc1cccc2[nH]nnc12. The summed E-state index contributed by atoms with van der Waals surface area (Å²) in [6.45, 7) is 7.69. The lowest BCUT2D eigenvalue weighted by molar-refractivity contribution is 0.267. The van der Waals surface area contributed by atoms with E-state index in [0.29, 0.717) is 0 Å². The fraction of sp³-hybridized carbons (Fsp3) is 0.538. The molecule has 0 radical (unpaired) electrons. The fourth-order valence-electron chi connectivity index (χ4n) is 2.20. The zero-order valence-electron chi connectivity index (χ0n) is 10.6. The van der Waals surface area contributed by atoms with Crippen LogP contribution in [-0.4, -0.2) is 33.4 Å². The second-order valence-electron chi connectivity index (χ2n) is 4.40. The summed E-state index contributed by atoms with van der Waals surface area (Å²) < 4.78 is 0. The molecule has 0 fully saturated rings. The highest BCUT2D eigenvalue weighted by atomic mass is 15.3. The number of aromatic nitrogens is 3. The smallest absolute Gasteiger partial charge is 0.117 e. The van der Waals surface area contributed by atoms with Crippen molar-refractivity contribution in [3.8, 4) is 0 Å². The Kier molecular flexibility index (Phi) is 4.09. The van der Waals surface area contributed by atoms with E-state index < -0.39 is 0 Å². The maximum absolute atomic E-state index is 4.16. The van der Waals surface area contributed by atoms with E-state index in [1.54, 1.807) is 0 Å². The molecule has 4 heteroatoms. The van der Waals surface area contributed by atoms with Crippen molar-refractivity contribution < 1.29 is 0 Å². The molecule has 0 saturated heterocycles. The van der Waals surface area contributed by atoms with Crippen LogP contribution in [0.3, 0.4) is 0 Å². The number of nitrogens with zero attached hydrogens (tertiary/aromatic N) is 3. The lowest BCUT2D eigenvalue weighted by Crippen LogP contribution is -2.25. The topological polar surface area (TPSA) is 44.8 Å². The molecule has 0 spiro atoms. The van der Waals surface area contributed by atoms with Crippen molar-refractivity contribution in [3.63, 3.8) is 0 Å². The third-order valence-corrected chi connectivity index (χ3v) is 2.91. The summed E-state index contributed by atoms with van der Waals surface area (Å²) in [6, 6.07) is 6.22. The third-order valence-electron chi connectivity index (χ3n) is 2.91. The molecular formula is C13H20N4. The van der Waals surface area contributed by atoms with Gasteiger partial charge in [0.05, 0.1) is 5.52 Å². The summed E-state index contributed by atoms with van der Waals surface area (Å²) in [5, 5.41) is 10.9. The van der Waals surface area contributed by atoms with Crippen LogP contribution in [0.2, 0.25) is 0 Å². The molecule has 0 unspecified atom stereocenters. The zero-order chi connectivity index (χ0) is 12.1. The number of rotatable bonds is 6. The van der Waals surface area contributed by atoms with Crippen molar-refractivity contribution in [1.82, 2.24) is 20.3 Å². The van der Waals surface area contributed by atoms with Crippen molar-refractivity contribution in [2.45, 2.75) is 33.2 Å². The zero-order valence-corrected chi connectivity index (χ0v) is 10.6. The third kappa shape index (κ3) is 2.82. The number of hydrogen-bond donors (Lipinski definition) is 1. The summed E-state index contributed by atoms with van der Waals surface area (Å²) in [7, 11) is 0. The normalized spacial score (nSPS) is 11.5. The number of H-pyrrole nitrogens is 1. The number of hydrogen-bond acceptors (Lipinski definition) is 3. The average molecular weight is 232 g/mol. The van der Waals surface area contributed by atoms with Gasteiger partial charge < -0.3 is 0 Å². The van der Waals surface area contributed by atoms with Crippen LogP contribution in [0.4, 0.5) is 0 Å². The Bertz CT molecular complexity index is 457. The summed E-state index contributed by atoms with van der Waals surface area (Å²) in [4.78, 5) is 2.48. The minimum atomic E-state index is 0.964. The number of aromatic amines is 1. The molecule has 2 aromatic rings. The van der Waals surface area contributed by atoms with E-state index >= 15 is 0 Å². The molecule has 0 aliphatic rings. The van der Waals surface area contributed by atoms with Crippen LogP contribution >= 0.6 is 0 Å². The second-order valence-corrected chi connectivity index (χ2v) is 4.40. The average Bonchev–Trinajstić information content (AvgIpc) is 2.79. The van der Waals surface area contributed by atoms with Crippen molar-refractivity contribution in [1.29, 1.82) is 0 Å². The highest BCUT2D eigenvalue weighted by Crippen LogP contribution is 2.15. The molecule has 1 N–H and O–H groups in total. The van der Waals surface area contributed by atoms with Gasteiger partial charge in [0.1, 0.15) is 5.52 Å². The van der Waals surface area contributed by atoms with E-state index in [2.05, 4.69) is 46.3 Å². The first kappa shape index (κ1) is 12.0.